The van der Waals surface area contributed by atoms with Crippen molar-refractivity contribution in [3.05, 3.63) is 59.9 Å². The van der Waals surface area contributed by atoms with E-state index >= 15 is 0 Å². The number of nitrogens with zero attached hydrogens (tertiary/aromatic N) is 1. The van der Waals surface area contributed by atoms with Crippen LogP contribution in [0.25, 0.3) is 0 Å². The van der Waals surface area contributed by atoms with Crippen LogP contribution in [0.5, 0.6) is 0 Å². The van der Waals surface area contributed by atoms with Crippen LogP contribution in [0.4, 0.5) is 0 Å². The zero-order valence-electron chi connectivity index (χ0n) is 10.7. The van der Waals surface area contributed by atoms with Crippen molar-refractivity contribution >= 4 is 5.97 Å². The summed E-state index contributed by atoms with van der Waals surface area (Å²) in [6.45, 7) is 2.07. The van der Waals surface area contributed by atoms with Crippen molar-refractivity contribution in [3.63, 3.8) is 0 Å². The average molecular weight is 258 g/mol. The van der Waals surface area contributed by atoms with E-state index in [4.69, 9.17) is 5.11 Å². The first kappa shape index (κ1) is 13.4. The Morgan fingerprint density at radius 1 is 1.11 bits per heavy atom. The first-order valence-corrected chi connectivity index (χ1v) is 6.36. The third-order valence-electron chi connectivity index (χ3n) is 2.97. The van der Waals surface area contributed by atoms with E-state index in [2.05, 4.69) is 17.4 Å². The lowest BCUT2D eigenvalue weighted by atomic mass is 10.2. The van der Waals surface area contributed by atoms with Crippen molar-refractivity contribution in [2.75, 3.05) is 0 Å². The van der Waals surface area contributed by atoms with E-state index in [0.29, 0.717) is 6.54 Å². The summed E-state index contributed by atoms with van der Waals surface area (Å²) >= 11 is 0. The zero-order chi connectivity index (χ0) is 13.5. The van der Waals surface area contributed by atoms with Crippen LogP contribution in [-0.4, -0.2) is 15.6 Å². The molecular formula is C15H18N2O2. The van der Waals surface area contributed by atoms with E-state index in [0.717, 1.165) is 18.8 Å². The molecule has 0 radical (unpaired) electrons. The molecule has 0 aliphatic carbocycles. The number of carboxylic acid groups (broad SMARTS) is 1. The van der Waals surface area contributed by atoms with Gasteiger partial charge in [-0.15, -0.1) is 0 Å². The molecule has 0 bridgehead atoms. The molecule has 2 N–H and O–H groups in total. The monoisotopic (exact) mass is 258 g/mol. The number of benzene rings is 1. The molecule has 100 valence electrons. The van der Waals surface area contributed by atoms with Crippen molar-refractivity contribution in [2.45, 2.75) is 26.1 Å². The summed E-state index contributed by atoms with van der Waals surface area (Å²) in [7, 11) is 0. The molecule has 0 fully saturated rings. The van der Waals surface area contributed by atoms with Gasteiger partial charge in [-0.25, -0.2) is 0 Å². The fourth-order valence-electron chi connectivity index (χ4n) is 1.97. The number of aromatic nitrogens is 1. The van der Waals surface area contributed by atoms with Gasteiger partial charge in [0.25, 0.3) is 0 Å². The van der Waals surface area contributed by atoms with Crippen molar-refractivity contribution in [2.24, 2.45) is 0 Å². The van der Waals surface area contributed by atoms with Crippen molar-refractivity contribution in [1.82, 2.24) is 9.88 Å². The number of rotatable bonds is 7. The number of carbonyl (C=O) groups is 1. The summed E-state index contributed by atoms with van der Waals surface area (Å²) in [6, 6.07) is 14.2. The third kappa shape index (κ3) is 4.26. The van der Waals surface area contributed by atoms with E-state index in [1.165, 1.54) is 5.56 Å². The molecule has 2 rings (SSSR count). The number of aryl methyl sites for hydroxylation is 1. The Kier molecular flexibility index (Phi) is 4.75. The second kappa shape index (κ2) is 6.75. The molecule has 1 aromatic carbocycles. The van der Waals surface area contributed by atoms with E-state index in [9.17, 15) is 4.79 Å². The molecule has 0 saturated carbocycles. The fourth-order valence-corrected chi connectivity index (χ4v) is 1.97. The minimum Gasteiger partial charge on any atom is -0.481 e. The molecule has 19 heavy (non-hydrogen) atoms. The molecule has 1 aromatic heterocycles. The Hall–Kier alpha value is -2.07. The number of hydrogen-bond acceptors (Lipinski definition) is 2. The molecule has 1 heterocycles. The second-order valence-electron chi connectivity index (χ2n) is 4.43. The number of aliphatic carboxylic acids is 1. The van der Waals surface area contributed by atoms with Gasteiger partial charge in [-0.2, -0.15) is 0 Å². The number of nitrogens with one attached hydrogen (secondary N) is 1. The second-order valence-corrected chi connectivity index (χ2v) is 4.43. The van der Waals surface area contributed by atoms with Gasteiger partial charge in [0.05, 0.1) is 6.42 Å². The maximum absolute atomic E-state index is 10.6. The van der Waals surface area contributed by atoms with Crippen LogP contribution in [0.1, 0.15) is 17.7 Å². The van der Waals surface area contributed by atoms with E-state index in [1.54, 1.807) is 0 Å². The summed E-state index contributed by atoms with van der Waals surface area (Å²) in [5, 5.41) is 12.1. The van der Waals surface area contributed by atoms with Crippen LogP contribution in [-0.2, 0) is 24.4 Å². The largest absolute Gasteiger partial charge is 0.481 e. The molecule has 0 aliphatic rings. The van der Waals surface area contributed by atoms with Crippen molar-refractivity contribution < 1.29 is 9.90 Å². The Morgan fingerprint density at radius 3 is 2.63 bits per heavy atom. The Labute approximate surface area is 112 Å². The first-order valence-electron chi connectivity index (χ1n) is 6.36. The van der Waals surface area contributed by atoms with Crippen LogP contribution in [0.15, 0.2) is 48.7 Å². The fraction of sp³-hybridized carbons (Fsp3) is 0.267. The highest BCUT2D eigenvalue weighted by atomic mass is 16.4. The van der Waals surface area contributed by atoms with Crippen LogP contribution >= 0.6 is 0 Å². The molecule has 0 aliphatic heterocycles. The predicted octanol–water partition coefficient (Wildman–Crippen LogP) is 2.25. The molecule has 0 spiro atoms. The van der Waals surface area contributed by atoms with Gasteiger partial charge in [-0.1, -0.05) is 30.3 Å². The van der Waals surface area contributed by atoms with E-state index in [-0.39, 0.29) is 6.42 Å². The van der Waals surface area contributed by atoms with Gasteiger partial charge in [-0.3, -0.25) is 4.79 Å². The topological polar surface area (TPSA) is 54.3 Å². The van der Waals surface area contributed by atoms with E-state index < -0.39 is 5.97 Å². The summed E-state index contributed by atoms with van der Waals surface area (Å²) < 4.78 is 1.98. The van der Waals surface area contributed by atoms with Gasteiger partial charge in [0.15, 0.2) is 0 Å². The Bertz CT molecular complexity index is 520. The number of carboxylic acids is 1. The molecule has 4 heteroatoms. The summed E-state index contributed by atoms with van der Waals surface area (Å²) in [6.07, 6.45) is 2.07. The summed E-state index contributed by atoms with van der Waals surface area (Å²) in [5.74, 6) is -0.767. The molecule has 2 aromatic rings. The number of hydrogen-bond donors (Lipinski definition) is 2. The van der Waals surface area contributed by atoms with Crippen molar-refractivity contribution in [1.29, 1.82) is 0 Å². The highest BCUT2D eigenvalue weighted by Gasteiger charge is 2.03. The minimum absolute atomic E-state index is 0.153. The van der Waals surface area contributed by atoms with Crippen LogP contribution in [0.2, 0.25) is 0 Å². The summed E-state index contributed by atoms with van der Waals surface area (Å²) in [5.41, 5.74) is 2.35. The van der Waals surface area contributed by atoms with E-state index in [1.807, 2.05) is 41.1 Å². The van der Waals surface area contributed by atoms with Gasteiger partial charge >= 0.3 is 5.97 Å². The molecule has 0 saturated heterocycles. The lowest BCUT2D eigenvalue weighted by Crippen LogP contribution is -2.16. The van der Waals surface area contributed by atoms with Gasteiger partial charge in [0.2, 0.25) is 0 Å². The molecule has 0 amide bonds. The molecule has 0 atom stereocenters. The Morgan fingerprint density at radius 2 is 1.89 bits per heavy atom. The summed E-state index contributed by atoms with van der Waals surface area (Å²) in [4.78, 5) is 10.6. The SMILES string of the molecule is O=C(O)CCn1cccc1CNCc1ccccc1. The maximum Gasteiger partial charge on any atom is 0.305 e. The highest BCUT2D eigenvalue weighted by molar-refractivity contribution is 5.66. The van der Waals surface area contributed by atoms with Crippen LogP contribution < -0.4 is 5.32 Å². The lowest BCUT2D eigenvalue weighted by molar-refractivity contribution is -0.137. The smallest absolute Gasteiger partial charge is 0.305 e. The average Bonchev–Trinajstić information content (AvgIpc) is 2.85. The van der Waals surface area contributed by atoms with Gasteiger partial charge < -0.3 is 15.0 Å². The van der Waals surface area contributed by atoms with Gasteiger partial charge in [0, 0.05) is 31.5 Å². The van der Waals surface area contributed by atoms with Crippen LogP contribution in [0.3, 0.4) is 0 Å². The third-order valence-corrected chi connectivity index (χ3v) is 2.97. The first-order chi connectivity index (χ1) is 9.25. The van der Waals surface area contributed by atoms with Gasteiger partial charge in [-0.05, 0) is 17.7 Å². The zero-order valence-corrected chi connectivity index (χ0v) is 10.7. The van der Waals surface area contributed by atoms with Crippen molar-refractivity contribution in [3.8, 4) is 0 Å². The minimum atomic E-state index is -0.767. The molecule has 4 nitrogen and oxygen atoms in total. The lowest BCUT2D eigenvalue weighted by Gasteiger charge is -2.09. The molecule has 0 unspecified atom stereocenters. The highest BCUT2D eigenvalue weighted by Crippen LogP contribution is 2.04. The maximum atomic E-state index is 10.6. The Balaban J connectivity index is 1.83. The van der Waals surface area contributed by atoms with Gasteiger partial charge in [0.1, 0.15) is 0 Å². The van der Waals surface area contributed by atoms with Crippen LogP contribution in [0, 0.1) is 0 Å². The molecular weight excluding hydrogens is 240 g/mol. The standard InChI is InChI=1S/C15H18N2O2/c18-15(19)8-10-17-9-4-7-14(17)12-16-11-13-5-2-1-3-6-13/h1-7,9,16H,8,10-12H2,(H,18,19). The quantitative estimate of drug-likeness (QED) is 0.801. The normalized spacial score (nSPS) is 10.5. The predicted molar refractivity (Wildman–Crippen MR) is 73.7 cm³/mol.